The highest BCUT2D eigenvalue weighted by Gasteiger charge is 2.28. The van der Waals surface area contributed by atoms with E-state index in [1.54, 1.807) is 30.1 Å². The minimum Gasteiger partial charge on any atom is -0.326 e. The molecule has 0 aliphatic carbocycles. The van der Waals surface area contributed by atoms with Gasteiger partial charge >= 0.3 is 0 Å². The molecule has 1 saturated heterocycles. The molecule has 1 aliphatic heterocycles. The number of anilines is 2. The predicted octanol–water partition coefficient (Wildman–Crippen LogP) is 2.76. The summed E-state index contributed by atoms with van der Waals surface area (Å²) in [6.07, 6.45) is 0. The number of hydrogen-bond donors (Lipinski definition) is 2. The second-order valence-corrected chi connectivity index (χ2v) is 6.48. The largest absolute Gasteiger partial charge is 0.326 e. The Morgan fingerprint density at radius 1 is 1.12 bits per heavy atom. The van der Waals surface area contributed by atoms with Gasteiger partial charge in [-0.1, -0.05) is 31.2 Å². The van der Waals surface area contributed by atoms with Crippen molar-refractivity contribution < 1.29 is 9.59 Å². The van der Waals surface area contributed by atoms with E-state index >= 15 is 0 Å². The molecule has 1 heterocycles. The fraction of sp³-hybridized carbons (Fsp3) is 0.300. The van der Waals surface area contributed by atoms with E-state index in [-0.39, 0.29) is 17.7 Å². The van der Waals surface area contributed by atoms with Gasteiger partial charge in [-0.2, -0.15) is 0 Å². The minimum atomic E-state index is -0.112. The molecule has 0 bridgehead atoms. The first-order valence-electron chi connectivity index (χ1n) is 8.51. The van der Waals surface area contributed by atoms with Gasteiger partial charge < -0.3 is 15.5 Å². The molecule has 5 nitrogen and oxygen atoms in total. The number of benzene rings is 2. The highest BCUT2D eigenvalue weighted by molar-refractivity contribution is 6.06. The molecule has 1 atom stereocenters. The molecule has 0 aromatic heterocycles. The fourth-order valence-corrected chi connectivity index (χ4v) is 2.83. The van der Waals surface area contributed by atoms with Crippen LogP contribution >= 0.6 is 0 Å². The third-order valence-electron chi connectivity index (χ3n) is 4.76. The van der Waals surface area contributed by atoms with Gasteiger partial charge in [0.05, 0.1) is 0 Å². The van der Waals surface area contributed by atoms with E-state index in [0.29, 0.717) is 17.2 Å². The summed E-state index contributed by atoms with van der Waals surface area (Å²) in [6.45, 7) is 3.71. The molecule has 0 spiro atoms. The van der Waals surface area contributed by atoms with Gasteiger partial charge in [-0.15, -0.1) is 0 Å². The minimum absolute atomic E-state index is 0.00693. The SMILES string of the molecule is CC(C(=O)Nc1cccc(C(=O)N(C)c2ccccc2)c1)C1CNC1. The van der Waals surface area contributed by atoms with Crippen LogP contribution in [0, 0.1) is 11.8 Å². The standard InChI is InChI=1S/C20H23N3O2/c1-14(16-12-21-13-16)19(24)22-17-8-6-7-15(11-17)20(25)23(2)18-9-4-3-5-10-18/h3-11,14,16,21H,12-13H2,1-2H3,(H,22,24). The van der Waals surface area contributed by atoms with Gasteiger partial charge in [-0.05, 0) is 49.3 Å². The van der Waals surface area contributed by atoms with E-state index in [1.807, 2.05) is 43.3 Å². The van der Waals surface area contributed by atoms with Gasteiger partial charge in [0, 0.05) is 29.9 Å². The maximum absolute atomic E-state index is 12.7. The van der Waals surface area contributed by atoms with Crippen molar-refractivity contribution in [3.63, 3.8) is 0 Å². The van der Waals surface area contributed by atoms with E-state index in [9.17, 15) is 9.59 Å². The van der Waals surface area contributed by atoms with E-state index in [0.717, 1.165) is 18.8 Å². The third-order valence-corrected chi connectivity index (χ3v) is 4.76. The second kappa shape index (κ2) is 7.49. The number of nitrogens with zero attached hydrogens (tertiary/aromatic N) is 1. The molecule has 0 radical (unpaired) electrons. The summed E-state index contributed by atoms with van der Waals surface area (Å²) in [5.74, 6) is 0.215. The van der Waals surface area contributed by atoms with Crippen LogP contribution in [-0.2, 0) is 4.79 Å². The van der Waals surface area contributed by atoms with E-state index in [1.165, 1.54) is 0 Å². The molecular formula is C20H23N3O2. The van der Waals surface area contributed by atoms with Crippen LogP contribution < -0.4 is 15.5 Å². The Balaban J connectivity index is 1.70. The molecule has 1 aliphatic rings. The lowest BCUT2D eigenvalue weighted by molar-refractivity contribution is -0.121. The molecule has 2 aromatic rings. The second-order valence-electron chi connectivity index (χ2n) is 6.48. The van der Waals surface area contributed by atoms with Crippen LogP contribution in [0.3, 0.4) is 0 Å². The van der Waals surface area contributed by atoms with Crippen LogP contribution in [0.1, 0.15) is 17.3 Å². The average molecular weight is 337 g/mol. The van der Waals surface area contributed by atoms with Crippen LogP contribution in [0.4, 0.5) is 11.4 Å². The summed E-state index contributed by atoms with van der Waals surface area (Å²) in [6, 6.07) is 16.6. The Hall–Kier alpha value is -2.66. The first-order chi connectivity index (χ1) is 12.1. The van der Waals surface area contributed by atoms with E-state index < -0.39 is 0 Å². The molecule has 1 unspecified atom stereocenters. The number of rotatable bonds is 5. The maximum Gasteiger partial charge on any atom is 0.258 e. The van der Waals surface area contributed by atoms with E-state index in [2.05, 4.69) is 10.6 Å². The molecule has 130 valence electrons. The quantitative estimate of drug-likeness (QED) is 0.882. The lowest BCUT2D eigenvalue weighted by Gasteiger charge is -2.31. The van der Waals surface area contributed by atoms with Crippen LogP contribution in [0.15, 0.2) is 54.6 Å². The molecule has 2 N–H and O–H groups in total. The average Bonchev–Trinajstić information content (AvgIpc) is 2.60. The van der Waals surface area contributed by atoms with Gasteiger partial charge in [0.1, 0.15) is 0 Å². The summed E-state index contributed by atoms with van der Waals surface area (Å²) in [4.78, 5) is 26.6. The number of carbonyl (C=O) groups excluding carboxylic acids is 2. The number of hydrogen-bond acceptors (Lipinski definition) is 3. The first-order valence-corrected chi connectivity index (χ1v) is 8.51. The van der Waals surface area contributed by atoms with Crippen molar-refractivity contribution in [1.29, 1.82) is 0 Å². The highest BCUT2D eigenvalue weighted by Crippen LogP contribution is 2.20. The number of nitrogens with one attached hydrogen (secondary N) is 2. The third kappa shape index (κ3) is 3.88. The Labute approximate surface area is 148 Å². The Bertz CT molecular complexity index is 757. The van der Waals surface area contributed by atoms with Crippen molar-refractivity contribution in [3.8, 4) is 0 Å². The molecule has 2 amide bonds. The van der Waals surface area contributed by atoms with Crippen LogP contribution in [0.25, 0.3) is 0 Å². The molecule has 2 aromatic carbocycles. The Morgan fingerprint density at radius 2 is 1.84 bits per heavy atom. The van der Waals surface area contributed by atoms with Crippen molar-refractivity contribution in [2.24, 2.45) is 11.8 Å². The van der Waals surface area contributed by atoms with Crippen molar-refractivity contribution in [1.82, 2.24) is 5.32 Å². The van der Waals surface area contributed by atoms with Crippen LogP contribution in [-0.4, -0.2) is 32.0 Å². The summed E-state index contributed by atoms with van der Waals surface area (Å²) >= 11 is 0. The van der Waals surface area contributed by atoms with Gasteiger partial charge in [0.15, 0.2) is 0 Å². The zero-order valence-corrected chi connectivity index (χ0v) is 14.5. The van der Waals surface area contributed by atoms with Crippen molar-refractivity contribution >= 4 is 23.2 Å². The lowest BCUT2D eigenvalue weighted by Crippen LogP contribution is -2.48. The predicted molar refractivity (Wildman–Crippen MR) is 99.8 cm³/mol. The number of para-hydroxylation sites is 1. The number of amides is 2. The van der Waals surface area contributed by atoms with Gasteiger partial charge in [0.25, 0.3) is 5.91 Å². The van der Waals surface area contributed by atoms with Gasteiger partial charge in [0.2, 0.25) is 5.91 Å². The monoisotopic (exact) mass is 337 g/mol. The maximum atomic E-state index is 12.7. The molecule has 1 fully saturated rings. The van der Waals surface area contributed by atoms with Crippen molar-refractivity contribution in [2.75, 3.05) is 30.4 Å². The molecular weight excluding hydrogens is 314 g/mol. The number of carbonyl (C=O) groups is 2. The lowest BCUT2D eigenvalue weighted by atomic mass is 9.88. The molecule has 5 heteroatoms. The first kappa shape index (κ1) is 17.2. The van der Waals surface area contributed by atoms with Gasteiger partial charge in [-0.25, -0.2) is 0 Å². The zero-order valence-electron chi connectivity index (χ0n) is 14.5. The smallest absolute Gasteiger partial charge is 0.258 e. The van der Waals surface area contributed by atoms with E-state index in [4.69, 9.17) is 0 Å². The van der Waals surface area contributed by atoms with Gasteiger partial charge in [-0.3, -0.25) is 9.59 Å². The topological polar surface area (TPSA) is 61.4 Å². The Kier molecular flexibility index (Phi) is 5.14. The van der Waals surface area contributed by atoms with Crippen molar-refractivity contribution in [2.45, 2.75) is 6.92 Å². The van der Waals surface area contributed by atoms with Crippen molar-refractivity contribution in [3.05, 3.63) is 60.2 Å². The summed E-state index contributed by atoms with van der Waals surface area (Å²) in [5, 5.41) is 6.11. The highest BCUT2D eigenvalue weighted by atomic mass is 16.2. The molecule has 25 heavy (non-hydrogen) atoms. The van der Waals surface area contributed by atoms with Crippen LogP contribution in [0.2, 0.25) is 0 Å². The summed E-state index contributed by atoms with van der Waals surface area (Å²) < 4.78 is 0. The fourth-order valence-electron chi connectivity index (χ4n) is 2.83. The normalized spacial score (nSPS) is 15.1. The molecule has 3 rings (SSSR count). The zero-order chi connectivity index (χ0) is 17.8. The molecule has 0 saturated carbocycles. The summed E-state index contributed by atoms with van der Waals surface area (Å²) in [7, 11) is 1.74. The summed E-state index contributed by atoms with van der Waals surface area (Å²) in [5.41, 5.74) is 2.02. The Morgan fingerprint density at radius 3 is 2.48 bits per heavy atom. The van der Waals surface area contributed by atoms with Crippen LogP contribution in [0.5, 0.6) is 0 Å².